The fourth-order valence-corrected chi connectivity index (χ4v) is 2.29. The Morgan fingerprint density at radius 1 is 1.29 bits per heavy atom. The number of hydrogen-bond donors (Lipinski definition) is 1. The van der Waals surface area contributed by atoms with Crippen molar-refractivity contribution in [3.8, 4) is 17.7 Å². The molecule has 108 valence electrons. The molecular weight excluding hydrogens is 398 g/mol. The summed E-state index contributed by atoms with van der Waals surface area (Å²) in [5, 5.41) is 8.81. The molecule has 1 heterocycles. The number of nitriles is 1. The van der Waals surface area contributed by atoms with Gasteiger partial charge in [0.25, 0.3) is 0 Å². The highest BCUT2D eigenvalue weighted by atomic mass is 127. The number of rotatable bonds is 2. The first-order valence-electron chi connectivity index (χ1n) is 5.51. The second kappa shape index (κ2) is 5.77. The first-order valence-corrected chi connectivity index (χ1v) is 6.59. The Morgan fingerprint density at radius 3 is 2.57 bits per heavy atom. The third-order valence-electron chi connectivity index (χ3n) is 2.47. The van der Waals surface area contributed by atoms with E-state index in [4.69, 9.17) is 15.7 Å². The molecule has 2 N–H and O–H groups in total. The van der Waals surface area contributed by atoms with Crippen LogP contribution in [0, 0.1) is 14.9 Å². The molecule has 1 aromatic carbocycles. The lowest BCUT2D eigenvalue weighted by Gasteiger charge is -2.12. The maximum absolute atomic E-state index is 12.6. The lowest BCUT2D eigenvalue weighted by atomic mass is 10.2. The second-order valence-corrected chi connectivity index (χ2v) is 5.13. The Balaban J connectivity index is 2.38. The molecule has 0 amide bonds. The number of halogens is 4. The summed E-state index contributed by atoms with van der Waals surface area (Å²) >= 11 is 1.88. The van der Waals surface area contributed by atoms with Gasteiger partial charge in [0.2, 0.25) is 5.88 Å². The van der Waals surface area contributed by atoms with Gasteiger partial charge in [-0.15, -0.1) is 0 Å². The van der Waals surface area contributed by atoms with Gasteiger partial charge in [-0.3, -0.25) is 0 Å². The van der Waals surface area contributed by atoms with Gasteiger partial charge in [0.15, 0.2) is 5.75 Å². The van der Waals surface area contributed by atoms with E-state index in [9.17, 15) is 13.2 Å². The van der Waals surface area contributed by atoms with E-state index in [1.165, 1.54) is 12.1 Å². The van der Waals surface area contributed by atoms with Gasteiger partial charge >= 0.3 is 6.18 Å². The number of benzene rings is 1. The standard InChI is InChI=1S/C13H7F3IN3O/c14-13(15,16)8-1-2-20-11(5-8)21-12-9(17)3-7(6-18)4-10(12)19/h1-5H,19H2. The maximum Gasteiger partial charge on any atom is 0.416 e. The van der Waals surface area contributed by atoms with Crippen LogP contribution < -0.4 is 10.5 Å². The van der Waals surface area contributed by atoms with Crippen molar-refractivity contribution in [1.82, 2.24) is 4.98 Å². The second-order valence-electron chi connectivity index (χ2n) is 3.97. The number of nitrogens with zero attached hydrogens (tertiary/aromatic N) is 2. The molecular formula is C13H7F3IN3O. The lowest BCUT2D eigenvalue weighted by Crippen LogP contribution is -2.05. The molecule has 0 saturated heterocycles. The Bertz CT molecular complexity index is 702. The SMILES string of the molecule is N#Cc1cc(N)c(Oc2cc(C(F)(F)F)ccn2)c(I)c1. The molecule has 4 nitrogen and oxygen atoms in total. The van der Waals surface area contributed by atoms with E-state index in [0.717, 1.165) is 18.3 Å². The normalized spacial score (nSPS) is 11.0. The number of nitrogens with two attached hydrogens (primary N) is 1. The molecule has 0 atom stereocenters. The summed E-state index contributed by atoms with van der Waals surface area (Å²) in [4.78, 5) is 3.73. The zero-order valence-electron chi connectivity index (χ0n) is 10.3. The van der Waals surface area contributed by atoms with Gasteiger partial charge in [-0.1, -0.05) is 0 Å². The van der Waals surface area contributed by atoms with Crippen LogP contribution in [0.5, 0.6) is 11.6 Å². The number of anilines is 1. The smallest absolute Gasteiger partial charge is 0.416 e. The number of pyridine rings is 1. The summed E-state index contributed by atoms with van der Waals surface area (Å²) in [6, 6.07) is 6.45. The van der Waals surface area contributed by atoms with E-state index in [1.807, 2.05) is 28.7 Å². The molecule has 0 aliphatic carbocycles. The van der Waals surface area contributed by atoms with Gasteiger partial charge in [-0.2, -0.15) is 18.4 Å². The fraction of sp³-hybridized carbons (Fsp3) is 0.0769. The highest BCUT2D eigenvalue weighted by molar-refractivity contribution is 14.1. The Kier molecular flexibility index (Phi) is 4.22. The van der Waals surface area contributed by atoms with Crippen LogP contribution in [0.1, 0.15) is 11.1 Å². The van der Waals surface area contributed by atoms with Crippen molar-refractivity contribution < 1.29 is 17.9 Å². The average molecular weight is 405 g/mol. The Hall–Kier alpha value is -2.02. The molecule has 21 heavy (non-hydrogen) atoms. The van der Waals surface area contributed by atoms with Gasteiger partial charge in [0, 0.05) is 12.3 Å². The molecule has 0 bridgehead atoms. The summed E-state index contributed by atoms with van der Waals surface area (Å²) in [5.74, 6) is -0.0550. The minimum absolute atomic E-state index is 0.151. The first-order chi connectivity index (χ1) is 9.81. The van der Waals surface area contributed by atoms with Crippen molar-refractivity contribution in [1.29, 1.82) is 5.26 Å². The number of hydrogen-bond acceptors (Lipinski definition) is 4. The van der Waals surface area contributed by atoms with Crippen LogP contribution in [-0.2, 0) is 6.18 Å². The molecule has 0 radical (unpaired) electrons. The van der Waals surface area contributed by atoms with Crippen molar-refractivity contribution >= 4 is 28.3 Å². The molecule has 0 spiro atoms. The number of aromatic nitrogens is 1. The van der Waals surface area contributed by atoms with Gasteiger partial charge < -0.3 is 10.5 Å². The summed E-state index contributed by atoms with van der Waals surface area (Å²) in [6.45, 7) is 0. The average Bonchev–Trinajstić information content (AvgIpc) is 2.42. The third kappa shape index (κ3) is 3.55. The molecule has 0 aliphatic heterocycles. The van der Waals surface area contributed by atoms with E-state index in [2.05, 4.69) is 4.98 Å². The van der Waals surface area contributed by atoms with Crippen LogP contribution >= 0.6 is 22.6 Å². The van der Waals surface area contributed by atoms with E-state index in [-0.39, 0.29) is 17.3 Å². The zero-order chi connectivity index (χ0) is 15.6. The molecule has 2 rings (SSSR count). The van der Waals surface area contributed by atoms with E-state index in [1.54, 1.807) is 0 Å². The minimum Gasteiger partial charge on any atom is -0.436 e. The van der Waals surface area contributed by atoms with Gasteiger partial charge in [0.05, 0.1) is 26.5 Å². The highest BCUT2D eigenvalue weighted by Gasteiger charge is 2.31. The van der Waals surface area contributed by atoms with Crippen LogP contribution in [0.25, 0.3) is 0 Å². The van der Waals surface area contributed by atoms with Crippen molar-refractivity contribution in [2.75, 3.05) is 5.73 Å². The van der Waals surface area contributed by atoms with Crippen molar-refractivity contribution in [2.45, 2.75) is 6.18 Å². The van der Waals surface area contributed by atoms with E-state index >= 15 is 0 Å². The number of alkyl halides is 3. The molecule has 1 aromatic heterocycles. The van der Waals surface area contributed by atoms with E-state index < -0.39 is 11.7 Å². The van der Waals surface area contributed by atoms with Crippen LogP contribution in [0.3, 0.4) is 0 Å². The lowest BCUT2D eigenvalue weighted by molar-refractivity contribution is -0.137. The summed E-state index contributed by atoms with van der Waals surface area (Å²) < 4.78 is 43.7. The van der Waals surface area contributed by atoms with Crippen LogP contribution in [0.4, 0.5) is 18.9 Å². The number of ether oxygens (including phenoxy) is 1. The molecule has 0 unspecified atom stereocenters. The monoisotopic (exact) mass is 405 g/mol. The molecule has 8 heteroatoms. The van der Waals surface area contributed by atoms with E-state index in [0.29, 0.717) is 9.13 Å². The van der Waals surface area contributed by atoms with Crippen molar-refractivity contribution in [3.63, 3.8) is 0 Å². The maximum atomic E-state index is 12.6. The zero-order valence-corrected chi connectivity index (χ0v) is 12.4. The minimum atomic E-state index is -4.48. The topological polar surface area (TPSA) is 71.9 Å². The molecule has 0 saturated carbocycles. The predicted octanol–water partition coefficient (Wildman–Crippen LogP) is 3.95. The van der Waals surface area contributed by atoms with Gasteiger partial charge in [-0.25, -0.2) is 4.98 Å². The first kappa shape index (κ1) is 15.4. The predicted molar refractivity (Wildman–Crippen MR) is 77.6 cm³/mol. The van der Waals surface area contributed by atoms with Crippen molar-refractivity contribution in [2.24, 2.45) is 0 Å². The largest absolute Gasteiger partial charge is 0.436 e. The highest BCUT2D eigenvalue weighted by Crippen LogP contribution is 2.35. The molecule has 0 fully saturated rings. The molecule has 0 aliphatic rings. The van der Waals surface area contributed by atoms with Gasteiger partial charge in [-0.05, 0) is 40.8 Å². The number of nitrogen functional groups attached to an aromatic ring is 1. The fourth-order valence-electron chi connectivity index (χ4n) is 1.53. The Morgan fingerprint density at radius 2 is 2.00 bits per heavy atom. The van der Waals surface area contributed by atoms with Crippen LogP contribution in [0.15, 0.2) is 30.5 Å². The quantitative estimate of drug-likeness (QED) is 0.607. The van der Waals surface area contributed by atoms with Crippen LogP contribution in [0.2, 0.25) is 0 Å². The van der Waals surface area contributed by atoms with Crippen LogP contribution in [-0.4, -0.2) is 4.98 Å². The summed E-state index contributed by atoms with van der Waals surface area (Å²) in [5.41, 5.74) is 5.36. The summed E-state index contributed by atoms with van der Waals surface area (Å²) in [7, 11) is 0. The molecule has 2 aromatic rings. The Labute approximate surface area is 131 Å². The third-order valence-corrected chi connectivity index (χ3v) is 3.27. The van der Waals surface area contributed by atoms with Gasteiger partial charge in [0.1, 0.15) is 0 Å². The summed E-state index contributed by atoms with van der Waals surface area (Å²) in [6.07, 6.45) is -3.48. The van der Waals surface area contributed by atoms with Crippen molar-refractivity contribution in [3.05, 3.63) is 45.2 Å².